The van der Waals surface area contributed by atoms with Gasteiger partial charge in [-0.05, 0) is 12.8 Å². The van der Waals surface area contributed by atoms with Crippen molar-refractivity contribution in [3.8, 4) is 0 Å². The van der Waals surface area contributed by atoms with Crippen LogP contribution in [-0.4, -0.2) is 18.5 Å². The SMILES string of the molecule is CCCC[C@@]1(CCC=O)CO1. The van der Waals surface area contributed by atoms with Crippen molar-refractivity contribution < 1.29 is 9.53 Å². The van der Waals surface area contributed by atoms with Gasteiger partial charge in [0.05, 0.1) is 12.2 Å². The topological polar surface area (TPSA) is 29.6 Å². The Morgan fingerprint density at radius 3 is 2.73 bits per heavy atom. The molecule has 1 saturated heterocycles. The zero-order chi connectivity index (χ0) is 8.16. The van der Waals surface area contributed by atoms with E-state index in [9.17, 15) is 4.79 Å². The molecule has 0 amide bonds. The van der Waals surface area contributed by atoms with Crippen molar-refractivity contribution in [2.24, 2.45) is 0 Å². The Morgan fingerprint density at radius 2 is 2.27 bits per heavy atom. The molecule has 0 aromatic heterocycles. The van der Waals surface area contributed by atoms with E-state index in [-0.39, 0.29) is 5.60 Å². The van der Waals surface area contributed by atoms with Crippen molar-refractivity contribution in [3.63, 3.8) is 0 Å². The molecule has 1 atom stereocenters. The summed E-state index contributed by atoms with van der Waals surface area (Å²) in [5, 5.41) is 0. The smallest absolute Gasteiger partial charge is 0.120 e. The lowest BCUT2D eigenvalue weighted by Crippen LogP contribution is -2.10. The van der Waals surface area contributed by atoms with E-state index in [4.69, 9.17) is 4.74 Å². The standard InChI is InChI=1S/C9H16O2/c1-2-3-5-9(8-11-9)6-4-7-10/h7H,2-6,8H2,1H3/t9-/m1/s1. The molecule has 0 radical (unpaired) electrons. The van der Waals surface area contributed by atoms with Gasteiger partial charge in [-0.1, -0.05) is 19.8 Å². The van der Waals surface area contributed by atoms with Crippen LogP contribution in [0.25, 0.3) is 0 Å². The van der Waals surface area contributed by atoms with E-state index in [0.717, 1.165) is 25.7 Å². The van der Waals surface area contributed by atoms with E-state index in [0.29, 0.717) is 6.42 Å². The first-order valence-corrected chi connectivity index (χ1v) is 4.40. The number of ether oxygens (including phenoxy) is 1. The van der Waals surface area contributed by atoms with E-state index in [1.54, 1.807) is 0 Å². The highest BCUT2D eigenvalue weighted by molar-refractivity contribution is 5.49. The van der Waals surface area contributed by atoms with Gasteiger partial charge in [0, 0.05) is 6.42 Å². The number of unbranched alkanes of at least 4 members (excludes halogenated alkanes) is 1. The zero-order valence-corrected chi connectivity index (χ0v) is 7.14. The van der Waals surface area contributed by atoms with Crippen LogP contribution in [0, 0.1) is 0 Å². The Kier molecular flexibility index (Phi) is 3.06. The van der Waals surface area contributed by atoms with E-state index in [2.05, 4.69) is 6.92 Å². The van der Waals surface area contributed by atoms with E-state index >= 15 is 0 Å². The highest BCUT2D eigenvalue weighted by Gasteiger charge is 2.42. The number of epoxide rings is 1. The number of hydrogen-bond donors (Lipinski definition) is 0. The van der Waals surface area contributed by atoms with Crippen LogP contribution in [0.15, 0.2) is 0 Å². The Morgan fingerprint density at radius 1 is 1.55 bits per heavy atom. The average Bonchev–Trinajstić information content (AvgIpc) is 2.79. The Bertz CT molecular complexity index is 128. The second kappa shape index (κ2) is 3.86. The second-order valence-corrected chi connectivity index (χ2v) is 3.28. The first kappa shape index (κ1) is 8.72. The van der Waals surface area contributed by atoms with Gasteiger partial charge in [0.15, 0.2) is 0 Å². The third-order valence-electron chi connectivity index (χ3n) is 2.26. The molecule has 0 bridgehead atoms. The maximum absolute atomic E-state index is 10.1. The quantitative estimate of drug-likeness (QED) is 0.434. The summed E-state index contributed by atoms with van der Waals surface area (Å²) in [6.45, 7) is 3.05. The highest BCUT2D eigenvalue weighted by atomic mass is 16.6. The molecular formula is C9H16O2. The maximum Gasteiger partial charge on any atom is 0.120 e. The van der Waals surface area contributed by atoms with Crippen LogP contribution >= 0.6 is 0 Å². The maximum atomic E-state index is 10.1. The molecule has 1 aliphatic rings. The molecule has 2 heteroatoms. The molecule has 2 nitrogen and oxygen atoms in total. The van der Waals surface area contributed by atoms with Crippen molar-refractivity contribution in [1.29, 1.82) is 0 Å². The molecule has 1 aliphatic heterocycles. The van der Waals surface area contributed by atoms with Gasteiger partial charge in [0.25, 0.3) is 0 Å². The van der Waals surface area contributed by atoms with Crippen LogP contribution in [0.2, 0.25) is 0 Å². The molecule has 0 spiro atoms. The molecule has 1 rings (SSSR count). The van der Waals surface area contributed by atoms with Gasteiger partial charge < -0.3 is 9.53 Å². The number of rotatable bonds is 6. The van der Waals surface area contributed by atoms with Crippen molar-refractivity contribution in [1.82, 2.24) is 0 Å². The minimum Gasteiger partial charge on any atom is -0.370 e. The van der Waals surface area contributed by atoms with Crippen LogP contribution in [0.5, 0.6) is 0 Å². The lowest BCUT2D eigenvalue weighted by atomic mass is 9.98. The molecule has 0 aliphatic carbocycles. The molecule has 0 unspecified atom stereocenters. The minimum atomic E-state index is 0.122. The summed E-state index contributed by atoms with van der Waals surface area (Å²) in [5.74, 6) is 0. The van der Waals surface area contributed by atoms with Gasteiger partial charge in [-0.15, -0.1) is 0 Å². The van der Waals surface area contributed by atoms with Crippen molar-refractivity contribution >= 4 is 6.29 Å². The van der Waals surface area contributed by atoms with E-state index in [1.807, 2.05) is 0 Å². The third-order valence-corrected chi connectivity index (χ3v) is 2.26. The predicted octanol–water partition coefficient (Wildman–Crippen LogP) is 1.92. The van der Waals surface area contributed by atoms with Crippen LogP contribution in [0.1, 0.15) is 39.0 Å². The monoisotopic (exact) mass is 156 g/mol. The minimum absolute atomic E-state index is 0.122. The molecule has 0 saturated carbocycles. The summed E-state index contributed by atoms with van der Waals surface area (Å²) in [4.78, 5) is 10.1. The Balaban J connectivity index is 2.12. The number of carbonyl (C=O) groups excluding carboxylic acids is 1. The summed E-state index contributed by atoms with van der Waals surface area (Å²) in [6.07, 6.45) is 6.14. The number of aldehydes is 1. The molecule has 1 heterocycles. The van der Waals surface area contributed by atoms with Gasteiger partial charge in [0.1, 0.15) is 6.29 Å². The molecule has 0 aromatic carbocycles. The van der Waals surface area contributed by atoms with Crippen molar-refractivity contribution in [2.75, 3.05) is 6.61 Å². The number of carbonyl (C=O) groups is 1. The van der Waals surface area contributed by atoms with Gasteiger partial charge in [0.2, 0.25) is 0 Å². The van der Waals surface area contributed by atoms with Gasteiger partial charge in [-0.3, -0.25) is 0 Å². The summed E-state index contributed by atoms with van der Waals surface area (Å²) >= 11 is 0. The summed E-state index contributed by atoms with van der Waals surface area (Å²) in [7, 11) is 0. The largest absolute Gasteiger partial charge is 0.370 e. The van der Waals surface area contributed by atoms with Crippen LogP contribution in [-0.2, 0) is 9.53 Å². The van der Waals surface area contributed by atoms with Crippen LogP contribution in [0.4, 0.5) is 0 Å². The van der Waals surface area contributed by atoms with Gasteiger partial charge in [-0.25, -0.2) is 0 Å². The fraction of sp³-hybridized carbons (Fsp3) is 0.889. The van der Waals surface area contributed by atoms with Crippen molar-refractivity contribution in [3.05, 3.63) is 0 Å². The molecular weight excluding hydrogens is 140 g/mol. The van der Waals surface area contributed by atoms with Crippen molar-refractivity contribution in [2.45, 2.75) is 44.6 Å². The molecule has 0 aromatic rings. The average molecular weight is 156 g/mol. The normalized spacial score (nSPS) is 28.5. The van der Waals surface area contributed by atoms with Crippen LogP contribution in [0.3, 0.4) is 0 Å². The summed E-state index contributed by atoms with van der Waals surface area (Å²) in [5.41, 5.74) is 0.122. The fourth-order valence-corrected chi connectivity index (χ4v) is 1.34. The lowest BCUT2D eigenvalue weighted by Gasteiger charge is -2.07. The number of hydrogen-bond acceptors (Lipinski definition) is 2. The van der Waals surface area contributed by atoms with Crippen LogP contribution < -0.4 is 0 Å². The first-order chi connectivity index (χ1) is 5.33. The zero-order valence-electron chi connectivity index (χ0n) is 7.14. The fourth-order valence-electron chi connectivity index (χ4n) is 1.34. The highest BCUT2D eigenvalue weighted by Crippen LogP contribution is 2.36. The third kappa shape index (κ3) is 2.62. The lowest BCUT2D eigenvalue weighted by molar-refractivity contribution is -0.108. The molecule has 11 heavy (non-hydrogen) atoms. The second-order valence-electron chi connectivity index (χ2n) is 3.28. The van der Waals surface area contributed by atoms with E-state index < -0.39 is 0 Å². The molecule has 64 valence electrons. The Labute approximate surface area is 67.9 Å². The van der Waals surface area contributed by atoms with Gasteiger partial charge in [-0.2, -0.15) is 0 Å². The summed E-state index contributed by atoms with van der Waals surface area (Å²) in [6, 6.07) is 0. The summed E-state index contributed by atoms with van der Waals surface area (Å²) < 4.78 is 5.34. The van der Waals surface area contributed by atoms with E-state index in [1.165, 1.54) is 12.8 Å². The molecule has 0 N–H and O–H groups in total. The predicted molar refractivity (Wildman–Crippen MR) is 43.5 cm³/mol. The van der Waals surface area contributed by atoms with Gasteiger partial charge >= 0.3 is 0 Å². The molecule has 1 fully saturated rings. The Hall–Kier alpha value is -0.370. The first-order valence-electron chi connectivity index (χ1n) is 4.40.